The van der Waals surface area contributed by atoms with Gasteiger partial charge >= 0.3 is 12.7 Å². The second-order valence-electron chi connectivity index (χ2n) is 8.32. The van der Waals surface area contributed by atoms with Crippen LogP contribution in [0.2, 0.25) is 0 Å². The zero-order valence-electron chi connectivity index (χ0n) is 18.5. The van der Waals surface area contributed by atoms with Gasteiger partial charge in [0.15, 0.2) is 11.5 Å². The molecule has 2 aromatic carbocycles. The number of hydrogen-bond acceptors (Lipinski definition) is 6. The molecule has 34 heavy (non-hydrogen) atoms. The first-order valence-electron chi connectivity index (χ1n) is 10.3. The number of ether oxygens (including phenoxy) is 3. The summed E-state index contributed by atoms with van der Waals surface area (Å²) in [7, 11) is 3.86. The number of likely N-dealkylation sites (N-methyl/N-ethyl adjacent to an activating group) is 1. The van der Waals surface area contributed by atoms with E-state index in [2.05, 4.69) is 19.5 Å². The van der Waals surface area contributed by atoms with E-state index >= 15 is 0 Å². The number of hydrogen-bond donors (Lipinski definition) is 1. The van der Waals surface area contributed by atoms with Gasteiger partial charge in [-0.1, -0.05) is 6.07 Å². The highest BCUT2D eigenvalue weighted by Crippen LogP contribution is 2.41. The minimum atomic E-state index is -4.93. The molecule has 2 aliphatic rings. The van der Waals surface area contributed by atoms with E-state index in [9.17, 15) is 26.7 Å². The van der Waals surface area contributed by atoms with Gasteiger partial charge in [0.2, 0.25) is 0 Å². The predicted octanol–water partition coefficient (Wildman–Crippen LogP) is 4.15. The van der Waals surface area contributed by atoms with Crippen molar-refractivity contribution in [1.82, 2.24) is 10.2 Å². The minimum Gasteiger partial charge on any atom is -0.405 e. The van der Waals surface area contributed by atoms with Crippen LogP contribution in [0, 0.1) is 0 Å². The Balaban J connectivity index is 1.52. The lowest BCUT2D eigenvalue weighted by atomic mass is 10.0. The van der Waals surface area contributed by atoms with E-state index in [0.29, 0.717) is 24.8 Å². The number of nitrogens with zero attached hydrogens (tertiary/aromatic N) is 2. The summed E-state index contributed by atoms with van der Waals surface area (Å²) in [4.78, 5) is 16.6. The molecule has 1 atom stereocenters. The standard InChI is InChI=1S/C22H22F5N3O4/c1-12(28-20(31)13-4-7-17-19(8-13)34-22(26,27)33-17)16-6-5-14(9-18(16)32-21(23,24)25)30-10-15(11-30)29(2)3/h4-9,12,15H,10-11H2,1-3H3,(H,28,31)/t12-/m0/s1. The number of halogens is 5. The molecule has 12 heteroatoms. The van der Waals surface area contributed by atoms with E-state index in [-0.39, 0.29) is 22.6 Å². The maximum absolute atomic E-state index is 13.2. The Hall–Kier alpha value is -3.28. The maximum Gasteiger partial charge on any atom is 0.586 e. The largest absolute Gasteiger partial charge is 0.586 e. The Kier molecular flexibility index (Phi) is 5.96. The first-order chi connectivity index (χ1) is 15.8. The lowest BCUT2D eigenvalue weighted by molar-refractivity contribution is -0.286. The van der Waals surface area contributed by atoms with Crippen LogP contribution >= 0.6 is 0 Å². The number of nitrogens with one attached hydrogen (secondary N) is 1. The van der Waals surface area contributed by atoms with Crippen LogP contribution < -0.4 is 24.4 Å². The van der Waals surface area contributed by atoms with Gasteiger partial charge in [0.25, 0.3) is 5.91 Å². The maximum atomic E-state index is 13.2. The van der Waals surface area contributed by atoms with Gasteiger partial charge in [-0.3, -0.25) is 4.79 Å². The number of carbonyl (C=O) groups is 1. The summed E-state index contributed by atoms with van der Waals surface area (Å²) < 4.78 is 78.5. The second kappa shape index (κ2) is 8.49. The van der Waals surface area contributed by atoms with E-state index in [4.69, 9.17) is 0 Å². The van der Waals surface area contributed by atoms with Crippen molar-refractivity contribution in [3.63, 3.8) is 0 Å². The fourth-order valence-electron chi connectivity index (χ4n) is 3.73. The molecular weight excluding hydrogens is 465 g/mol. The molecule has 0 spiro atoms. The van der Waals surface area contributed by atoms with Gasteiger partial charge < -0.3 is 29.3 Å². The van der Waals surface area contributed by atoms with E-state index in [0.717, 1.165) is 12.1 Å². The molecule has 4 rings (SSSR count). The first kappa shape index (κ1) is 23.9. The molecule has 0 radical (unpaired) electrons. The van der Waals surface area contributed by atoms with Gasteiger partial charge in [0.05, 0.1) is 6.04 Å². The molecule has 2 heterocycles. The number of amides is 1. The van der Waals surface area contributed by atoms with E-state index in [1.165, 1.54) is 25.1 Å². The van der Waals surface area contributed by atoms with Crippen LogP contribution in [0.4, 0.5) is 27.6 Å². The molecule has 0 unspecified atom stereocenters. The first-order valence-corrected chi connectivity index (χ1v) is 10.3. The van der Waals surface area contributed by atoms with E-state index < -0.39 is 30.4 Å². The summed E-state index contributed by atoms with van der Waals surface area (Å²) in [6.45, 7) is 2.81. The molecule has 0 bridgehead atoms. The third-order valence-electron chi connectivity index (χ3n) is 5.66. The lowest BCUT2D eigenvalue weighted by Gasteiger charge is -2.44. The molecule has 1 saturated heterocycles. The molecule has 184 valence electrons. The SMILES string of the molecule is C[C@H](NC(=O)c1ccc2c(c1)OC(F)(F)O2)c1ccc(N2CC(N(C)C)C2)cc1OC(F)(F)F. The normalized spacial score (nSPS) is 18.0. The van der Waals surface area contributed by atoms with Crippen LogP contribution in [0.3, 0.4) is 0 Å². The Morgan fingerprint density at radius 1 is 1.15 bits per heavy atom. The minimum absolute atomic E-state index is 0.0304. The monoisotopic (exact) mass is 487 g/mol. The predicted molar refractivity (Wildman–Crippen MR) is 111 cm³/mol. The fourth-order valence-corrected chi connectivity index (χ4v) is 3.73. The summed E-state index contributed by atoms with van der Waals surface area (Å²) >= 11 is 0. The molecular formula is C22H22F5N3O4. The van der Waals surface area contributed by atoms with Gasteiger partial charge in [-0.15, -0.1) is 22.0 Å². The van der Waals surface area contributed by atoms with Crippen molar-refractivity contribution in [1.29, 1.82) is 0 Å². The van der Waals surface area contributed by atoms with E-state index in [1.807, 2.05) is 23.9 Å². The zero-order valence-corrected chi connectivity index (χ0v) is 18.5. The molecule has 1 amide bonds. The molecule has 2 aliphatic heterocycles. The summed E-state index contributed by atoms with van der Waals surface area (Å²) in [6.07, 6.45) is -8.76. The van der Waals surface area contributed by atoms with E-state index in [1.54, 1.807) is 6.07 Å². The van der Waals surface area contributed by atoms with Gasteiger partial charge in [-0.05, 0) is 45.3 Å². The van der Waals surface area contributed by atoms with Crippen molar-refractivity contribution >= 4 is 11.6 Å². The molecule has 2 aromatic rings. The molecule has 0 saturated carbocycles. The van der Waals surface area contributed by atoms with Gasteiger partial charge in [0, 0.05) is 42.0 Å². The Morgan fingerprint density at radius 2 is 1.82 bits per heavy atom. The number of fused-ring (bicyclic) bond motifs is 1. The average molecular weight is 487 g/mol. The second-order valence-corrected chi connectivity index (χ2v) is 8.32. The number of carbonyl (C=O) groups excluding carboxylic acids is 1. The Morgan fingerprint density at radius 3 is 2.47 bits per heavy atom. The molecule has 1 N–H and O–H groups in total. The van der Waals surface area contributed by atoms with Crippen molar-refractivity contribution in [3.8, 4) is 17.2 Å². The average Bonchev–Trinajstić information content (AvgIpc) is 2.98. The summed E-state index contributed by atoms with van der Waals surface area (Å²) in [6, 6.07) is 7.28. The molecule has 0 aromatic heterocycles. The van der Waals surface area contributed by atoms with Crippen LogP contribution in [0.5, 0.6) is 17.2 Å². The highest BCUT2D eigenvalue weighted by molar-refractivity contribution is 5.95. The van der Waals surface area contributed by atoms with Crippen LogP contribution in [-0.4, -0.2) is 56.7 Å². The Bertz CT molecular complexity index is 1090. The van der Waals surface area contributed by atoms with Crippen LogP contribution in [0.1, 0.15) is 28.9 Å². The topological polar surface area (TPSA) is 63.3 Å². The van der Waals surface area contributed by atoms with Gasteiger partial charge in [0.1, 0.15) is 5.75 Å². The van der Waals surface area contributed by atoms with Crippen molar-refractivity contribution in [2.45, 2.75) is 31.7 Å². The molecule has 1 fully saturated rings. The summed E-state index contributed by atoms with van der Waals surface area (Å²) in [5.74, 6) is -1.68. The van der Waals surface area contributed by atoms with Crippen LogP contribution in [-0.2, 0) is 0 Å². The number of alkyl halides is 5. The smallest absolute Gasteiger partial charge is 0.405 e. The van der Waals surface area contributed by atoms with Crippen molar-refractivity contribution in [2.75, 3.05) is 32.1 Å². The van der Waals surface area contributed by atoms with Gasteiger partial charge in [-0.25, -0.2) is 0 Å². The third kappa shape index (κ3) is 5.11. The fraction of sp³-hybridized carbons (Fsp3) is 0.409. The number of benzene rings is 2. The van der Waals surface area contributed by atoms with Gasteiger partial charge in [-0.2, -0.15) is 0 Å². The van der Waals surface area contributed by atoms with Crippen molar-refractivity contribution in [2.24, 2.45) is 0 Å². The summed E-state index contributed by atoms with van der Waals surface area (Å²) in [5, 5.41) is 2.56. The number of rotatable bonds is 6. The van der Waals surface area contributed by atoms with Crippen LogP contribution in [0.15, 0.2) is 36.4 Å². The lowest BCUT2D eigenvalue weighted by Crippen LogP contribution is -2.57. The number of anilines is 1. The van der Waals surface area contributed by atoms with Crippen molar-refractivity contribution in [3.05, 3.63) is 47.5 Å². The third-order valence-corrected chi connectivity index (χ3v) is 5.66. The molecule has 7 nitrogen and oxygen atoms in total. The highest BCUT2D eigenvalue weighted by atomic mass is 19.4. The Labute approximate surface area is 192 Å². The van der Waals surface area contributed by atoms with Crippen molar-refractivity contribution < 1.29 is 41.0 Å². The summed E-state index contributed by atoms with van der Waals surface area (Å²) in [5.41, 5.74) is 0.639. The van der Waals surface area contributed by atoms with Crippen LogP contribution in [0.25, 0.3) is 0 Å². The quantitative estimate of drug-likeness (QED) is 0.618. The highest BCUT2D eigenvalue weighted by Gasteiger charge is 2.43. The zero-order chi connectivity index (χ0) is 24.8. The molecule has 0 aliphatic carbocycles.